The molecule has 42 heavy (non-hydrogen) atoms. The number of benzene rings is 3. The summed E-state index contributed by atoms with van der Waals surface area (Å²) in [6.45, 7) is 3.43. The first-order chi connectivity index (χ1) is 20.3. The summed E-state index contributed by atoms with van der Waals surface area (Å²) in [4.78, 5) is 45.5. The molecule has 0 bridgehead atoms. The molecule has 0 saturated carbocycles. The van der Waals surface area contributed by atoms with E-state index < -0.39 is 0 Å². The number of rotatable bonds is 10. The molecule has 1 aromatic heterocycles. The van der Waals surface area contributed by atoms with Gasteiger partial charge < -0.3 is 29.7 Å². The van der Waals surface area contributed by atoms with Crippen molar-refractivity contribution in [3.63, 3.8) is 0 Å². The van der Waals surface area contributed by atoms with E-state index in [1.807, 2.05) is 71.8 Å². The number of nitrogens with zero attached hydrogens (tertiary/aromatic N) is 3. The van der Waals surface area contributed by atoms with E-state index in [0.717, 1.165) is 39.8 Å². The van der Waals surface area contributed by atoms with E-state index in [1.165, 1.54) is 9.80 Å². The molecule has 0 spiro atoms. The number of para-hydroxylation sites is 2. The van der Waals surface area contributed by atoms with Gasteiger partial charge in [0.25, 0.3) is 5.91 Å². The summed E-state index contributed by atoms with van der Waals surface area (Å²) in [6.07, 6.45) is 3.94. The van der Waals surface area contributed by atoms with Crippen LogP contribution in [-0.4, -0.2) is 79.4 Å². The molecular formula is C33H37N5O4. The molecule has 9 heteroatoms. The van der Waals surface area contributed by atoms with Crippen molar-refractivity contribution in [3.8, 4) is 16.9 Å². The van der Waals surface area contributed by atoms with E-state index in [0.29, 0.717) is 43.8 Å². The van der Waals surface area contributed by atoms with E-state index in [-0.39, 0.29) is 24.4 Å². The molecular weight excluding hydrogens is 530 g/mol. The number of carbonyl (C=O) groups excluding carboxylic acids is 3. The van der Waals surface area contributed by atoms with Crippen LogP contribution in [0.1, 0.15) is 30.1 Å². The molecule has 1 aliphatic rings. The van der Waals surface area contributed by atoms with Gasteiger partial charge in [-0.25, -0.2) is 0 Å². The van der Waals surface area contributed by atoms with Gasteiger partial charge in [-0.3, -0.25) is 14.4 Å². The summed E-state index contributed by atoms with van der Waals surface area (Å²) in [5, 5.41) is 4.58. The smallest absolute Gasteiger partial charge is 0.258 e. The largest absolute Gasteiger partial charge is 0.493 e. The molecule has 218 valence electrons. The van der Waals surface area contributed by atoms with Gasteiger partial charge in [0.05, 0.1) is 24.5 Å². The van der Waals surface area contributed by atoms with Crippen molar-refractivity contribution < 1.29 is 19.1 Å². The van der Waals surface area contributed by atoms with Crippen LogP contribution in [0.25, 0.3) is 22.0 Å². The Bertz CT molecular complexity index is 1580. The van der Waals surface area contributed by atoms with Crippen molar-refractivity contribution in [1.29, 1.82) is 0 Å². The highest BCUT2D eigenvalue weighted by atomic mass is 16.5. The minimum atomic E-state index is -0.142. The Hall–Kier alpha value is -4.79. The highest BCUT2D eigenvalue weighted by Crippen LogP contribution is 2.35. The van der Waals surface area contributed by atoms with Gasteiger partial charge in [0.2, 0.25) is 12.3 Å². The highest BCUT2D eigenvalue weighted by molar-refractivity contribution is 6.08. The van der Waals surface area contributed by atoms with Crippen molar-refractivity contribution in [3.05, 3.63) is 78.5 Å². The number of anilines is 2. The van der Waals surface area contributed by atoms with Crippen LogP contribution in [0, 0.1) is 0 Å². The van der Waals surface area contributed by atoms with E-state index in [1.54, 1.807) is 14.1 Å². The van der Waals surface area contributed by atoms with Crippen molar-refractivity contribution in [2.75, 3.05) is 50.6 Å². The molecule has 1 unspecified atom stereocenters. The third kappa shape index (κ3) is 6.40. The Kier molecular flexibility index (Phi) is 8.76. The second-order valence-electron chi connectivity index (χ2n) is 10.9. The number of nitrogens with one attached hydrogen (secondary N) is 2. The molecule has 3 amide bonds. The number of ether oxygens (including phenoxy) is 1. The Balaban J connectivity index is 1.40. The van der Waals surface area contributed by atoms with Gasteiger partial charge >= 0.3 is 0 Å². The van der Waals surface area contributed by atoms with E-state index in [4.69, 9.17) is 4.74 Å². The Morgan fingerprint density at radius 1 is 1.07 bits per heavy atom. The molecule has 2 heterocycles. The molecule has 4 aromatic rings. The van der Waals surface area contributed by atoms with Crippen LogP contribution in [0.5, 0.6) is 5.75 Å². The number of hydrogen-bond acceptors (Lipinski definition) is 5. The zero-order valence-electron chi connectivity index (χ0n) is 24.3. The maximum absolute atomic E-state index is 13.9. The summed E-state index contributed by atoms with van der Waals surface area (Å²) < 4.78 is 6.29. The zero-order valence-corrected chi connectivity index (χ0v) is 24.3. The molecule has 0 fully saturated rings. The fourth-order valence-electron chi connectivity index (χ4n) is 5.15. The van der Waals surface area contributed by atoms with Gasteiger partial charge in [-0.2, -0.15) is 0 Å². The topological polar surface area (TPSA) is 98.0 Å². The second-order valence-corrected chi connectivity index (χ2v) is 10.9. The van der Waals surface area contributed by atoms with Gasteiger partial charge in [-0.05, 0) is 79.2 Å². The number of likely N-dealkylation sites (N-methyl/N-ethyl adjacent to an activating group) is 1. The maximum Gasteiger partial charge on any atom is 0.258 e. The lowest BCUT2D eigenvalue weighted by Gasteiger charge is -2.23. The third-order valence-corrected chi connectivity index (χ3v) is 7.55. The van der Waals surface area contributed by atoms with Crippen LogP contribution in [0.4, 0.5) is 11.4 Å². The Morgan fingerprint density at radius 3 is 2.71 bits per heavy atom. The third-order valence-electron chi connectivity index (χ3n) is 7.55. The number of aromatic amines is 1. The molecule has 1 aliphatic heterocycles. The summed E-state index contributed by atoms with van der Waals surface area (Å²) >= 11 is 0. The number of amides is 3. The van der Waals surface area contributed by atoms with Gasteiger partial charge in [-0.15, -0.1) is 0 Å². The van der Waals surface area contributed by atoms with Crippen LogP contribution >= 0.6 is 0 Å². The standard InChI is InChI=1S/C33H37N5O4/c1-23-14-17-38(30-8-5-4-7-29(30)35-23)33(41)26-9-11-27(24-10-12-28-25(19-24)13-15-34-28)31(20-26)42-18-6-16-37(22-39)21-32(40)36(2)3/h4-5,7-13,15,19-20,22-23,34-35H,6,14,16-18,21H2,1-3H3. The van der Waals surface area contributed by atoms with Gasteiger partial charge in [0.15, 0.2) is 0 Å². The van der Waals surface area contributed by atoms with Crippen molar-refractivity contribution in [1.82, 2.24) is 14.8 Å². The summed E-state index contributed by atoms with van der Waals surface area (Å²) in [7, 11) is 3.33. The number of fused-ring (bicyclic) bond motifs is 2. The van der Waals surface area contributed by atoms with E-state index in [2.05, 4.69) is 23.3 Å². The monoisotopic (exact) mass is 567 g/mol. The Morgan fingerprint density at radius 2 is 1.90 bits per heavy atom. The lowest BCUT2D eigenvalue weighted by atomic mass is 10.0. The van der Waals surface area contributed by atoms with Crippen LogP contribution in [0.3, 0.4) is 0 Å². The Labute approximate surface area is 246 Å². The predicted octanol–water partition coefficient (Wildman–Crippen LogP) is 5.00. The molecule has 3 aromatic carbocycles. The summed E-state index contributed by atoms with van der Waals surface area (Å²) in [6, 6.07) is 21.9. The average Bonchev–Trinajstić information content (AvgIpc) is 3.40. The quantitative estimate of drug-likeness (QED) is 0.208. The van der Waals surface area contributed by atoms with Gasteiger partial charge in [-0.1, -0.05) is 18.2 Å². The van der Waals surface area contributed by atoms with E-state index in [9.17, 15) is 14.4 Å². The predicted molar refractivity (Wildman–Crippen MR) is 166 cm³/mol. The van der Waals surface area contributed by atoms with Crippen LogP contribution in [0.2, 0.25) is 0 Å². The van der Waals surface area contributed by atoms with Crippen LogP contribution < -0.4 is 15.0 Å². The minimum Gasteiger partial charge on any atom is -0.493 e. The molecule has 9 nitrogen and oxygen atoms in total. The maximum atomic E-state index is 13.9. The average molecular weight is 568 g/mol. The number of aromatic nitrogens is 1. The first-order valence-corrected chi connectivity index (χ1v) is 14.3. The molecule has 0 saturated heterocycles. The molecule has 2 N–H and O–H groups in total. The highest BCUT2D eigenvalue weighted by Gasteiger charge is 2.25. The second kappa shape index (κ2) is 12.8. The number of H-pyrrole nitrogens is 1. The first kappa shape index (κ1) is 28.7. The minimum absolute atomic E-state index is 0.0210. The number of carbonyl (C=O) groups is 3. The van der Waals surface area contributed by atoms with Crippen LogP contribution in [-0.2, 0) is 9.59 Å². The van der Waals surface area contributed by atoms with Crippen molar-refractivity contribution in [2.45, 2.75) is 25.8 Å². The first-order valence-electron chi connectivity index (χ1n) is 14.3. The lowest BCUT2D eigenvalue weighted by Crippen LogP contribution is -2.36. The van der Waals surface area contributed by atoms with E-state index >= 15 is 0 Å². The SMILES string of the molecule is CC1CCN(C(=O)c2ccc(-c3ccc4[nH]ccc4c3)c(OCCCN(C=O)CC(=O)N(C)C)c2)c2ccccc2N1. The lowest BCUT2D eigenvalue weighted by molar-refractivity contribution is -0.133. The number of hydrogen-bond donors (Lipinski definition) is 2. The molecule has 0 aliphatic carbocycles. The van der Waals surface area contributed by atoms with Gasteiger partial charge in [0.1, 0.15) is 5.75 Å². The van der Waals surface area contributed by atoms with Crippen molar-refractivity contribution >= 4 is 40.5 Å². The normalized spacial score (nSPS) is 14.5. The fraction of sp³-hybridized carbons (Fsp3) is 0.303. The fourth-order valence-corrected chi connectivity index (χ4v) is 5.15. The summed E-state index contributed by atoms with van der Waals surface area (Å²) in [5.41, 5.74) is 5.22. The molecule has 0 radical (unpaired) electrons. The van der Waals surface area contributed by atoms with Crippen molar-refractivity contribution in [2.24, 2.45) is 0 Å². The molecule has 5 rings (SSSR count). The van der Waals surface area contributed by atoms with Crippen LogP contribution in [0.15, 0.2) is 72.9 Å². The zero-order chi connectivity index (χ0) is 29.6. The van der Waals surface area contributed by atoms with Gasteiger partial charge in [0, 0.05) is 56.1 Å². The summed E-state index contributed by atoms with van der Waals surface area (Å²) in [5.74, 6) is 0.355. The molecule has 1 atom stereocenters.